The molecular weight excluding hydrogens is 334 g/mol. The van der Waals surface area contributed by atoms with Crippen LogP contribution in [0.5, 0.6) is 0 Å². The molecule has 0 radical (unpaired) electrons. The van der Waals surface area contributed by atoms with Crippen LogP contribution in [0.1, 0.15) is 31.1 Å². The van der Waals surface area contributed by atoms with E-state index in [0.29, 0.717) is 12.2 Å². The van der Waals surface area contributed by atoms with Crippen LogP contribution in [0.25, 0.3) is 21.8 Å². The highest BCUT2D eigenvalue weighted by Crippen LogP contribution is 2.28. The van der Waals surface area contributed by atoms with Gasteiger partial charge >= 0.3 is 0 Å². The van der Waals surface area contributed by atoms with Crippen molar-refractivity contribution < 1.29 is 0 Å². The van der Waals surface area contributed by atoms with Gasteiger partial charge in [0.2, 0.25) is 0 Å². The maximum absolute atomic E-state index is 6.13. The van der Waals surface area contributed by atoms with Gasteiger partial charge in [0.15, 0.2) is 5.65 Å². The van der Waals surface area contributed by atoms with E-state index in [2.05, 4.69) is 66.3 Å². The standard InChI is InChI=1S/C19H19N5.ClH/c1-12(2)24-19-17(18(20)21-11-22-19)16(23-24)10-14-8-5-7-13-6-3-4-9-15(13)14;/h3-9,11-12H,10H2,1-2H3,(H2,20,21,22);1H. The second-order valence-electron chi connectivity index (χ2n) is 6.26. The second kappa shape index (κ2) is 6.69. The average molecular weight is 354 g/mol. The van der Waals surface area contributed by atoms with Gasteiger partial charge in [-0.15, -0.1) is 12.4 Å². The molecule has 4 rings (SSSR count). The monoisotopic (exact) mass is 353 g/mol. The third-order valence-electron chi connectivity index (χ3n) is 4.32. The van der Waals surface area contributed by atoms with E-state index >= 15 is 0 Å². The number of hydrogen-bond acceptors (Lipinski definition) is 4. The summed E-state index contributed by atoms with van der Waals surface area (Å²) in [5.41, 5.74) is 9.08. The Hall–Kier alpha value is -2.66. The minimum atomic E-state index is 0. The lowest BCUT2D eigenvalue weighted by atomic mass is 10.0. The molecule has 0 aliphatic rings. The Bertz CT molecular complexity index is 1030. The fourth-order valence-electron chi connectivity index (χ4n) is 3.18. The summed E-state index contributed by atoms with van der Waals surface area (Å²) in [5.74, 6) is 0.488. The maximum Gasteiger partial charge on any atom is 0.163 e. The number of nitrogen functional groups attached to an aromatic ring is 1. The molecule has 0 saturated heterocycles. The molecule has 0 unspecified atom stereocenters. The summed E-state index contributed by atoms with van der Waals surface area (Å²) in [4.78, 5) is 8.56. The zero-order valence-electron chi connectivity index (χ0n) is 14.2. The molecule has 0 fully saturated rings. The van der Waals surface area contributed by atoms with Gasteiger partial charge in [0.25, 0.3) is 0 Å². The number of hydrogen-bond donors (Lipinski definition) is 1. The van der Waals surface area contributed by atoms with E-state index in [9.17, 15) is 0 Å². The van der Waals surface area contributed by atoms with Gasteiger partial charge in [-0.3, -0.25) is 0 Å². The van der Waals surface area contributed by atoms with E-state index < -0.39 is 0 Å². The highest BCUT2D eigenvalue weighted by Gasteiger charge is 2.17. The molecule has 0 aliphatic heterocycles. The SMILES string of the molecule is CC(C)n1nc(Cc2cccc3ccccc23)c2c(N)ncnc21.Cl. The van der Waals surface area contributed by atoms with Crippen molar-refractivity contribution in [3.8, 4) is 0 Å². The first-order valence-electron chi connectivity index (χ1n) is 8.09. The maximum atomic E-state index is 6.13. The Morgan fingerprint density at radius 3 is 2.60 bits per heavy atom. The Balaban J connectivity index is 0.00000182. The molecule has 2 aromatic heterocycles. The molecule has 0 spiro atoms. The highest BCUT2D eigenvalue weighted by molar-refractivity contribution is 5.90. The van der Waals surface area contributed by atoms with E-state index in [1.54, 1.807) is 0 Å². The van der Waals surface area contributed by atoms with Gasteiger partial charge in [-0.05, 0) is 30.2 Å². The van der Waals surface area contributed by atoms with Crippen molar-refractivity contribution in [3.05, 3.63) is 60.0 Å². The van der Waals surface area contributed by atoms with Crippen molar-refractivity contribution >= 4 is 40.0 Å². The smallest absolute Gasteiger partial charge is 0.163 e. The third-order valence-corrected chi connectivity index (χ3v) is 4.32. The number of anilines is 1. The second-order valence-corrected chi connectivity index (χ2v) is 6.26. The summed E-state index contributed by atoms with van der Waals surface area (Å²) in [6, 6.07) is 15.0. The molecule has 2 N–H and O–H groups in total. The fraction of sp³-hybridized carbons (Fsp3) is 0.211. The van der Waals surface area contributed by atoms with Gasteiger partial charge < -0.3 is 5.73 Å². The van der Waals surface area contributed by atoms with Crippen LogP contribution in [0, 0.1) is 0 Å². The van der Waals surface area contributed by atoms with Crippen LogP contribution in [-0.2, 0) is 6.42 Å². The predicted molar refractivity (Wildman–Crippen MR) is 104 cm³/mol. The summed E-state index contributed by atoms with van der Waals surface area (Å²) in [7, 11) is 0. The summed E-state index contributed by atoms with van der Waals surface area (Å²) >= 11 is 0. The van der Waals surface area contributed by atoms with Crippen LogP contribution in [0.3, 0.4) is 0 Å². The van der Waals surface area contributed by atoms with E-state index in [-0.39, 0.29) is 18.4 Å². The molecule has 0 saturated carbocycles. The van der Waals surface area contributed by atoms with Gasteiger partial charge in [-0.1, -0.05) is 42.5 Å². The number of halogens is 1. The van der Waals surface area contributed by atoms with Crippen molar-refractivity contribution in [2.75, 3.05) is 5.73 Å². The topological polar surface area (TPSA) is 69.6 Å². The van der Waals surface area contributed by atoms with E-state index in [0.717, 1.165) is 16.7 Å². The number of rotatable bonds is 3. The van der Waals surface area contributed by atoms with Crippen LogP contribution < -0.4 is 5.73 Å². The predicted octanol–water partition coefficient (Wildman–Crippen LogP) is 4.16. The van der Waals surface area contributed by atoms with Crippen molar-refractivity contribution in [1.82, 2.24) is 19.7 Å². The number of nitrogens with zero attached hydrogens (tertiary/aromatic N) is 4. The molecule has 0 atom stereocenters. The summed E-state index contributed by atoms with van der Waals surface area (Å²) in [6.07, 6.45) is 2.20. The van der Waals surface area contributed by atoms with Crippen molar-refractivity contribution in [2.45, 2.75) is 26.3 Å². The molecule has 2 heterocycles. The van der Waals surface area contributed by atoms with Gasteiger partial charge in [0.05, 0.1) is 11.1 Å². The lowest BCUT2D eigenvalue weighted by molar-refractivity contribution is 0.541. The van der Waals surface area contributed by atoms with Gasteiger partial charge in [-0.2, -0.15) is 5.10 Å². The molecule has 4 aromatic rings. The average Bonchev–Trinajstić information content (AvgIpc) is 2.95. The summed E-state index contributed by atoms with van der Waals surface area (Å²) < 4.78 is 1.92. The van der Waals surface area contributed by atoms with E-state index in [1.165, 1.54) is 22.7 Å². The number of benzene rings is 2. The van der Waals surface area contributed by atoms with Gasteiger partial charge in [-0.25, -0.2) is 14.6 Å². The van der Waals surface area contributed by atoms with Crippen LogP contribution in [-0.4, -0.2) is 19.7 Å². The third kappa shape index (κ3) is 2.91. The van der Waals surface area contributed by atoms with Crippen molar-refractivity contribution in [1.29, 1.82) is 0 Å². The molecule has 6 heteroatoms. The molecule has 128 valence electrons. The minimum absolute atomic E-state index is 0. The Labute approximate surface area is 152 Å². The lowest BCUT2D eigenvalue weighted by Gasteiger charge is -2.06. The largest absolute Gasteiger partial charge is 0.383 e. The number of nitrogens with two attached hydrogens (primary N) is 1. The van der Waals surface area contributed by atoms with Crippen LogP contribution >= 0.6 is 12.4 Å². The highest BCUT2D eigenvalue weighted by atomic mass is 35.5. The van der Waals surface area contributed by atoms with Crippen LogP contribution in [0.4, 0.5) is 5.82 Å². The normalized spacial score (nSPS) is 11.2. The van der Waals surface area contributed by atoms with Crippen molar-refractivity contribution in [2.24, 2.45) is 0 Å². The van der Waals surface area contributed by atoms with E-state index in [1.807, 2.05) is 4.68 Å². The molecule has 0 bridgehead atoms. The Morgan fingerprint density at radius 1 is 1.04 bits per heavy atom. The van der Waals surface area contributed by atoms with Crippen LogP contribution in [0.15, 0.2) is 48.8 Å². The molecule has 5 nitrogen and oxygen atoms in total. The Kier molecular flexibility index (Phi) is 4.59. The molecule has 0 aliphatic carbocycles. The van der Waals surface area contributed by atoms with Gasteiger partial charge in [0.1, 0.15) is 12.1 Å². The first-order valence-corrected chi connectivity index (χ1v) is 8.09. The Morgan fingerprint density at radius 2 is 1.80 bits per heavy atom. The number of aromatic nitrogens is 4. The van der Waals surface area contributed by atoms with Crippen LogP contribution in [0.2, 0.25) is 0 Å². The molecule has 0 amide bonds. The molecular formula is C19H20ClN5. The first kappa shape index (κ1) is 17.2. The lowest BCUT2D eigenvalue weighted by Crippen LogP contribution is -2.04. The first-order chi connectivity index (χ1) is 11.6. The van der Waals surface area contributed by atoms with Gasteiger partial charge in [0, 0.05) is 12.5 Å². The minimum Gasteiger partial charge on any atom is -0.383 e. The zero-order valence-corrected chi connectivity index (χ0v) is 15.0. The molecule has 25 heavy (non-hydrogen) atoms. The molecule has 2 aromatic carbocycles. The summed E-state index contributed by atoms with van der Waals surface area (Å²) in [5, 5.41) is 8.11. The van der Waals surface area contributed by atoms with Crippen molar-refractivity contribution in [3.63, 3.8) is 0 Å². The zero-order chi connectivity index (χ0) is 16.7. The summed E-state index contributed by atoms with van der Waals surface area (Å²) in [6.45, 7) is 4.18. The van der Waals surface area contributed by atoms with E-state index in [4.69, 9.17) is 10.8 Å². The quantitative estimate of drug-likeness (QED) is 0.600. The number of fused-ring (bicyclic) bond motifs is 2. The fourth-order valence-corrected chi connectivity index (χ4v) is 3.18.